The number of aromatic nitrogens is 2. The molecule has 1 rings (SSSR count). The van der Waals surface area contributed by atoms with Crippen molar-refractivity contribution in [2.45, 2.75) is 13.8 Å². The van der Waals surface area contributed by atoms with Gasteiger partial charge in [-0.05, 0) is 12.6 Å². The quantitative estimate of drug-likeness (QED) is 0.695. The van der Waals surface area contributed by atoms with Crippen LogP contribution in [-0.2, 0) is 20.4 Å². The first-order valence-electron chi connectivity index (χ1n) is 2.65. The molecule has 4 heteroatoms. The van der Waals surface area contributed by atoms with Gasteiger partial charge in [0.2, 0.25) is 0 Å². The smallest absolute Gasteiger partial charge is 0.0352 e. The maximum atomic E-state index is 10.7. The first-order chi connectivity index (χ1) is 4.20. The van der Waals surface area contributed by atoms with Crippen LogP contribution in [0.2, 0.25) is 0 Å². The maximum absolute atomic E-state index is 10.7. The van der Waals surface area contributed by atoms with Crippen LogP contribution in [0.5, 0.6) is 0 Å². The number of hydrogen-bond donors (Lipinski definition) is 1. The van der Waals surface area contributed by atoms with Gasteiger partial charge in [0.25, 0.3) is 0 Å². The van der Waals surface area contributed by atoms with E-state index in [0.717, 1.165) is 0 Å². The largest absolute Gasteiger partial charge is 0.331 e. The SMILES string of the molecule is Cc1[c-]c(=O)c(C)n[nH]1.[Re]. The predicted octanol–water partition coefficient (Wildman–Crippen LogP) is 0.184. The van der Waals surface area contributed by atoms with E-state index in [0.29, 0.717) is 11.4 Å². The average Bonchev–Trinajstić information content (AvgIpc) is 1.80. The standard InChI is InChI=1S/C6H7N2O.Re/c1-4-3-6(9)5(2)8-7-4;/h1-2H3,(H,7,9);/q-1;. The van der Waals surface area contributed by atoms with Crippen molar-refractivity contribution in [1.29, 1.82) is 0 Å². The molecular weight excluding hydrogens is 302 g/mol. The zero-order valence-corrected chi connectivity index (χ0v) is 8.45. The summed E-state index contributed by atoms with van der Waals surface area (Å²) in [4.78, 5) is 10.7. The van der Waals surface area contributed by atoms with Crippen LogP contribution in [0.4, 0.5) is 0 Å². The molecule has 0 saturated carbocycles. The van der Waals surface area contributed by atoms with Crippen molar-refractivity contribution < 1.29 is 20.4 Å². The molecule has 0 aliphatic carbocycles. The molecule has 0 spiro atoms. The first-order valence-corrected chi connectivity index (χ1v) is 2.65. The van der Waals surface area contributed by atoms with E-state index in [2.05, 4.69) is 16.3 Å². The molecule has 1 aromatic rings. The van der Waals surface area contributed by atoms with Gasteiger partial charge in [-0.25, -0.2) is 0 Å². The van der Waals surface area contributed by atoms with E-state index in [1.165, 1.54) is 0 Å². The van der Waals surface area contributed by atoms with Gasteiger partial charge >= 0.3 is 0 Å². The van der Waals surface area contributed by atoms with Crippen molar-refractivity contribution in [3.63, 3.8) is 0 Å². The summed E-state index contributed by atoms with van der Waals surface area (Å²) >= 11 is 0. The molecule has 0 aliphatic heterocycles. The summed E-state index contributed by atoms with van der Waals surface area (Å²) in [6, 6.07) is 2.56. The molecule has 1 aromatic heterocycles. The molecule has 0 bridgehead atoms. The Morgan fingerprint density at radius 3 is 2.50 bits per heavy atom. The normalized spacial score (nSPS) is 8.60. The van der Waals surface area contributed by atoms with Crippen LogP contribution in [0.3, 0.4) is 0 Å². The zero-order valence-electron chi connectivity index (χ0n) is 5.73. The minimum atomic E-state index is -0.133. The second-order valence-corrected chi connectivity index (χ2v) is 1.89. The van der Waals surface area contributed by atoms with Crippen molar-refractivity contribution in [2.24, 2.45) is 0 Å². The average molecular weight is 309 g/mol. The van der Waals surface area contributed by atoms with E-state index in [1.807, 2.05) is 0 Å². The molecule has 1 heterocycles. The Bertz CT molecular complexity index is 269. The Labute approximate surface area is 72.5 Å². The molecule has 1 N–H and O–H groups in total. The van der Waals surface area contributed by atoms with Crippen molar-refractivity contribution in [3.8, 4) is 0 Å². The molecular formula is C6H7N2ORe-. The molecule has 0 atom stereocenters. The fraction of sp³-hybridized carbons (Fsp3) is 0.333. The molecule has 0 aliphatic rings. The Morgan fingerprint density at radius 1 is 1.50 bits per heavy atom. The molecule has 0 aromatic carbocycles. The van der Waals surface area contributed by atoms with Crippen molar-refractivity contribution in [1.82, 2.24) is 10.2 Å². The maximum Gasteiger partial charge on any atom is 0.0352 e. The van der Waals surface area contributed by atoms with E-state index in [9.17, 15) is 4.79 Å². The Kier molecular flexibility index (Phi) is 3.48. The topological polar surface area (TPSA) is 45.8 Å². The summed E-state index contributed by atoms with van der Waals surface area (Å²) in [6.07, 6.45) is 0. The summed E-state index contributed by atoms with van der Waals surface area (Å²) in [6.45, 7) is 3.39. The molecule has 3 nitrogen and oxygen atoms in total. The minimum Gasteiger partial charge on any atom is -0.331 e. The van der Waals surface area contributed by atoms with Gasteiger partial charge in [-0.3, -0.25) is 5.10 Å². The predicted molar refractivity (Wildman–Crippen MR) is 33.2 cm³/mol. The van der Waals surface area contributed by atoms with Crippen LogP contribution >= 0.6 is 0 Å². The van der Waals surface area contributed by atoms with Crippen molar-refractivity contribution in [3.05, 3.63) is 27.7 Å². The van der Waals surface area contributed by atoms with Crippen LogP contribution < -0.4 is 5.43 Å². The van der Waals surface area contributed by atoms with Crippen molar-refractivity contribution >= 4 is 0 Å². The van der Waals surface area contributed by atoms with Gasteiger partial charge in [-0.1, -0.05) is 12.6 Å². The molecule has 0 saturated heterocycles. The fourth-order valence-corrected chi connectivity index (χ4v) is 0.507. The minimum absolute atomic E-state index is 0. The molecule has 0 fully saturated rings. The van der Waals surface area contributed by atoms with E-state index in [4.69, 9.17) is 0 Å². The summed E-state index contributed by atoms with van der Waals surface area (Å²) in [5, 5.41) is 6.34. The van der Waals surface area contributed by atoms with Crippen LogP contribution in [0, 0.1) is 19.9 Å². The fourth-order valence-electron chi connectivity index (χ4n) is 0.507. The van der Waals surface area contributed by atoms with E-state index < -0.39 is 0 Å². The third kappa shape index (κ3) is 2.05. The third-order valence-corrected chi connectivity index (χ3v) is 1.02. The summed E-state index contributed by atoms with van der Waals surface area (Å²) in [7, 11) is 0. The number of nitrogens with zero attached hydrogens (tertiary/aromatic N) is 1. The summed E-state index contributed by atoms with van der Waals surface area (Å²) in [5.74, 6) is 0. The monoisotopic (exact) mass is 310 g/mol. The summed E-state index contributed by atoms with van der Waals surface area (Å²) in [5.41, 5.74) is 0.998. The van der Waals surface area contributed by atoms with E-state index in [1.54, 1.807) is 13.8 Å². The summed E-state index contributed by atoms with van der Waals surface area (Å²) < 4.78 is 0. The van der Waals surface area contributed by atoms with Crippen LogP contribution in [0.1, 0.15) is 11.4 Å². The molecule has 0 amide bonds. The number of hydrogen-bond acceptors (Lipinski definition) is 2. The second-order valence-electron chi connectivity index (χ2n) is 1.89. The molecule has 10 heavy (non-hydrogen) atoms. The number of nitrogens with one attached hydrogen (secondary N) is 1. The zero-order chi connectivity index (χ0) is 6.85. The van der Waals surface area contributed by atoms with E-state index in [-0.39, 0.29) is 25.9 Å². The Morgan fingerprint density at radius 2 is 2.10 bits per heavy atom. The van der Waals surface area contributed by atoms with Gasteiger partial charge in [-0.15, -0.1) is 0 Å². The number of aromatic amines is 1. The van der Waals surface area contributed by atoms with Gasteiger partial charge in [0.15, 0.2) is 0 Å². The van der Waals surface area contributed by atoms with E-state index >= 15 is 0 Å². The van der Waals surface area contributed by atoms with Gasteiger partial charge in [-0.2, -0.15) is 6.07 Å². The number of rotatable bonds is 0. The van der Waals surface area contributed by atoms with Gasteiger partial charge < -0.3 is 9.89 Å². The van der Waals surface area contributed by atoms with Gasteiger partial charge in [0.05, 0.1) is 0 Å². The second kappa shape index (κ2) is 3.65. The molecule has 55 valence electrons. The molecule has 1 radical (unpaired) electrons. The van der Waals surface area contributed by atoms with Crippen LogP contribution in [0.25, 0.3) is 0 Å². The van der Waals surface area contributed by atoms with Crippen LogP contribution in [0.15, 0.2) is 4.79 Å². The number of aryl methyl sites for hydroxylation is 2. The first kappa shape index (κ1) is 9.54. The van der Waals surface area contributed by atoms with Gasteiger partial charge in [0, 0.05) is 25.9 Å². The Balaban J connectivity index is 0.000000810. The van der Waals surface area contributed by atoms with Gasteiger partial charge in [0.1, 0.15) is 0 Å². The van der Waals surface area contributed by atoms with Crippen molar-refractivity contribution in [2.75, 3.05) is 0 Å². The number of H-pyrrole nitrogens is 1. The third-order valence-electron chi connectivity index (χ3n) is 1.02. The molecule has 0 unspecified atom stereocenters. The Hall–Kier alpha value is -0.458. The van der Waals surface area contributed by atoms with Crippen LogP contribution in [-0.4, -0.2) is 10.2 Å².